The van der Waals surface area contributed by atoms with E-state index >= 15 is 0 Å². The standard InChI is InChI=1S/C25H32N2O/c1-3-9-21(2)27(25(28)24-10-5-4-6-11-24)19-16-22-12-14-23(15-13-22)20-26-17-7-8-18-26/h3-6,10-15,21H,1,7-9,16-20H2,2H3. The number of benzene rings is 2. The second-order valence-corrected chi connectivity index (χ2v) is 7.79. The molecule has 0 saturated carbocycles. The lowest BCUT2D eigenvalue weighted by molar-refractivity contribution is 0.0696. The van der Waals surface area contributed by atoms with Gasteiger partial charge in [-0.15, -0.1) is 6.58 Å². The largest absolute Gasteiger partial charge is 0.335 e. The van der Waals surface area contributed by atoms with Gasteiger partial charge in [0, 0.05) is 24.7 Å². The molecule has 0 spiro atoms. The van der Waals surface area contributed by atoms with Crippen molar-refractivity contribution in [1.29, 1.82) is 0 Å². The summed E-state index contributed by atoms with van der Waals surface area (Å²) in [6.07, 6.45) is 6.21. The third kappa shape index (κ3) is 5.56. The zero-order valence-electron chi connectivity index (χ0n) is 17.0. The molecular weight excluding hydrogens is 344 g/mol. The van der Waals surface area contributed by atoms with Gasteiger partial charge in [-0.05, 0) is 69.0 Å². The van der Waals surface area contributed by atoms with E-state index in [9.17, 15) is 4.79 Å². The van der Waals surface area contributed by atoms with Crippen LogP contribution in [0.3, 0.4) is 0 Å². The maximum atomic E-state index is 13.0. The molecular formula is C25H32N2O. The van der Waals surface area contributed by atoms with Crippen LogP contribution in [-0.2, 0) is 13.0 Å². The van der Waals surface area contributed by atoms with Crippen molar-refractivity contribution in [3.8, 4) is 0 Å². The molecule has 3 nitrogen and oxygen atoms in total. The SMILES string of the molecule is C=CCC(C)N(CCc1ccc(CN2CCCC2)cc1)C(=O)c1ccccc1. The van der Waals surface area contributed by atoms with Gasteiger partial charge < -0.3 is 4.90 Å². The van der Waals surface area contributed by atoms with Crippen LogP contribution in [0.15, 0.2) is 67.3 Å². The van der Waals surface area contributed by atoms with Gasteiger partial charge in [-0.2, -0.15) is 0 Å². The molecule has 1 saturated heterocycles. The maximum Gasteiger partial charge on any atom is 0.254 e. The van der Waals surface area contributed by atoms with Crippen LogP contribution in [0.2, 0.25) is 0 Å². The molecule has 1 unspecified atom stereocenters. The number of likely N-dealkylation sites (tertiary alicyclic amines) is 1. The van der Waals surface area contributed by atoms with Crippen molar-refractivity contribution < 1.29 is 4.79 Å². The minimum Gasteiger partial charge on any atom is -0.335 e. The van der Waals surface area contributed by atoms with E-state index in [1.807, 2.05) is 41.3 Å². The first-order valence-electron chi connectivity index (χ1n) is 10.4. The smallest absolute Gasteiger partial charge is 0.254 e. The number of nitrogens with zero attached hydrogens (tertiary/aromatic N) is 2. The molecule has 0 radical (unpaired) electrons. The van der Waals surface area contributed by atoms with Crippen molar-refractivity contribution in [3.05, 3.63) is 83.9 Å². The van der Waals surface area contributed by atoms with Crippen molar-refractivity contribution in [2.24, 2.45) is 0 Å². The summed E-state index contributed by atoms with van der Waals surface area (Å²) in [5, 5.41) is 0. The lowest BCUT2D eigenvalue weighted by atomic mass is 10.1. The lowest BCUT2D eigenvalue weighted by Crippen LogP contribution is -2.39. The molecule has 2 aromatic carbocycles. The van der Waals surface area contributed by atoms with E-state index in [1.165, 1.54) is 37.1 Å². The van der Waals surface area contributed by atoms with Crippen LogP contribution in [-0.4, -0.2) is 41.4 Å². The molecule has 1 amide bonds. The van der Waals surface area contributed by atoms with Gasteiger partial charge in [-0.25, -0.2) is 0 Å². The fourth-order valence-corrected chi connectivity index (χ4v) is 3.90. The molecule has 0 aromatic heterocycles. The maximum absolute atomic E-state index is 13.0. The normalized spacial score (nSPS) is 15.3. The van der Waals surface area contributed by atoms with Crippen LogP contribution in [0.1, 0.15) is 47.7 Å². The number of hydrogen-bond donors (Lipinski definition) is 0. The Morgan fingerprint density at radius 3 is 2.36 bits per heavy atom. The highest BCUT2D eigenvalue weighted by Gasteiger charge is 2.20. The Balaban J connectivity index is 1.62. The molecule has 1 atom stereocenters. The molecule has 1 fully saturated rings. The molecule has 0 aliphatic carbocycles. The van der Waals surface area contributed by atoms with Crippen molar-refractivity contribution in [2.75, 3.05) is 19.6 Å². The summed E-state index contributed by atoms with van der Waals surface area (Å²) in [4.78, 5) is 17.5. The molecule has 3 heteroatoms. The summed E-state index contributed by atoms with van der Waals surface area (Å²) in [6.45, 7) is 10.2. The number of hydrogen-bond acceptors (Lipinski definition) is 2. The molecule has 1 heterocycles. The highest BCUT2D eigenvalue weighted by atomic mass is 16.2. The van der Waals surface area contributed by atoms with Crippen LogP contribution in [0.25, 0.3) is 0 Å². The van der Waals surface area contributed by atoms with Crippen molar-refractivity contribution >= 4 is 5.91 Å². The van der Waals surface area contributed by atoms with Crippen molar-refractivity contribution in [2.45, 2.75) is 45.2 Å². The zero-order chi connectivity index (χ0) is 19.8. The van der Waals surface area contributed by atoms with Gasteiger partial charge in [0.25, 0.3) is 5.91 Å². The molecule has 0 N–H and O–H groups in total. The predicted octanol–water partition coefficient (Wildman–Crippen LogP) is 4.93. The Kier molecular flexibility index (Phi) is 7.44. The summed E-state index contributed by atoms with van der Waals surface area (Å²) in [7, 11) is 0. The van der Waals surface area contributed by atoms with Crippen LogP contribution < -0.4 is 0 Å². The van der Waals surface area contributed by atoms with E-state index in [0.717, 1.165) is 24.9 Å². The summed E-state index contributed by atoms with van der Waals surface area (Å²) in [6, 6.07) is 18.6. The van der Waals surface area contributed by atoms with Crippen LogP contribution in [0.4, 0.5) is 0 Å². The first-order chi connectivity index (χ1) is 13.7. The van der Waals surface area contributed by atoms with Gasteiger partial charge in [0.05, 0.1) is 0 Å². The Morgan fingerprint density at radius 1 is 1.07 bits per heavy atom. The third-order valence-electron chi connectivity index (χ3n) is 5.59. The third-order valence-corrected chi connectivity index (χ3v) is 5.59. The molecule has 2 aromatic rings. The lowest BCUT2D eigenvalue weighted by Gasteiger charge is -2.29. The van der Waals surface area contributed by atoms with E-state index in [2.05, 4.69) is 42.7 Å². The number of rotatable bonds is 9. The van der Waals surface area contributed by atoms with Crippen LogP contribution >= 0.6 is 0 Å². The summed E-state index contributed by atoms with van der Waals surface area (Å²) in [5.41, 5.74) is 3.41. The van der Waals surface area contributed by atoms with Gasteiger partial charge in [0.15, 0.2) is 0 Å². The fraction of sp³-hybridized carbons (Fsp3) is 0.400. The van der Waals surface area contributed by atoms with Crippen LogP contribution in [0, 0.1) is 0 Å². The van der Waals surface area contributed by atoms with E-state index < -0.39 is 0 Å². The van der Waals surface area contributed by atoms with Gasteiger partial charge in [-0.1, -0.05) is 48.5 Å². The van der Waals surface area contributed by atoms with E-state index in [1.54, 1.807) is 0 Å². The molecule has 3 rings (SSSR count). The Morgan fingerprint density at radius 2 is 1.71 bits per heavy atom. The Bertz CT molecular complexity index is 748. The molecule has 28 heavy (non-hydrogen) atoms. The fourth-order valence-electron chi connectivity index (χ4n) is 3.90. The number of carbonyl (C=O) groups is 1. The Hall–Kier alpha value is -2.39. The minimum absolute atomic E-state index is 0.0978. The molecule has 1 aliphatic heterocycles. The highest BCUT2D eigenvalue weighted by Crippen LogP contribution is 2.16. The summed E-state index contributed by atoms with van der Waals surface area (Å²) >= 11 is 0. The van der Waals surface area contributed by atoms with Crippen molar-refractivity contribution in [3.63, 3.8) is 0 Å². The van der Waals surface area contributed by atoms with Gasteiger partial charge in [-0.3, -0.25) is 9.69 Å². The monoisotopic (exact) mass is 376 g/mol. The molecule has 1 aliphatic rings. The minimum atomic E-state index is 0.0978. The summed E-state index contributed by atoms with van der Waals surface area (Å²) < 4.78 is 0. The second kappa shape index (κ2) is 10.2. The second-order valence-electron chi connectivity index (χ2n) is 7.79. The van der Waals surface area contributed by atoms with Gasteiger partial charge in [0.1, 0.15) is 0 Å². The average molecular weight is 377 g/mol. The zero-order valence-corrected chi connectivity index (χ0v) is 17.0. The van der Waals surface area contributed by atoms with Crippen molar-refractivity contribution in [1.82, 2.24) is 9.80 Å². The summed E-state index contributed by atoms with van der Waals surface area (Å²) in [5.74, 6) is 0.0978. The topological polar surface area (TPSA) is 23.6 Å². The first-order valence-corrected chi connectivity index (χ1v) is 10.4. The van der Waals surface area contributed by atoms with Crippen LogP contribution in [0.5, 0.6) is 0 Å². The Labute approximate surface area is 169 Å². The highest BCUT2D eigenvalue weighted by molar-refractivity contribution is 5.94. The van der Waals surface area contributed by atoms with Gasteiger partial charge in [0.2, 0.25) is 0 Å². The van der Waals surface area contributed by atoms with E-state index in [-0.39, 0.29) is 11.9 Å². The number of amides is 1. The average Bonchev–Trinajstić information content (AvgIpc) is 3.23. The molecule has 0 bridgehead atoms. The number of carbonyl (C=O) groups excluding carboxylic acids is 1. The van der Waals surface area contributed by atoms with Gasteiger partial charge >= 0.3 is 0 Å². The first kappa shape index (κ1) is 20.3. The quantitative estimate of drug-likeness (QED) is 0.579. The van der Waals surface area contributed by atoms with E-state index in [4.69, 9.17) is 0 Å². The predicted molar refractivity (Wildman–Crippen MR) is 116 cm³/mol. The van der Waals surface area contributed by atoms with E-state index in [0.29, 0.717) is 6.54 Å². The molecule has 148 valence electrons.